The predicted octanol–water partition coefficient (Wildman–Crippen LogP) is 3.92. The zero-order valence-electron chi connectivity index (χ0n) is 16.8. The number of hydrogen-bond donors (Lipinski definition) is 0. The van der Waals surface area contributed by atoms with Crippen LogP contribution in [0.4, 0.5) is 4.79 Å². The highest BCUT2D eigenvalue weighted by atomic mass is 16.6. The topological polar surface area (TPSA) is 65.1 Å². The van der Waals surface area contributed by atoms with E-state index in [1.165, 1.54) is 0 Å². The fourth-order valence-electron chi connectivity index (χ4n) is 3.12. The molecule has 150 valence electrons. The van der Waals surface area contributed by atoms with Crippen LogP contribution in [0.1, 0.15) is 52.5 Å². The molecule has 1 saturated heterocycles. The number of esters is 1. The average Bonchev–Trinajstić information content (AvgIpc) is 3.01. The van der Waals surface area contributed by atoms with E-state index in [1.54, 1.807) is 11.8 Å². The number of carbonyl (C=O) groups is 2. The Bertz CT molecular complexity index is 611. The Kier molecular flexibility index (Phi) is 7.66. The monoisotopic (exact) mass is 377 g/mol. The molecule has 1 heterocycles. The maximum absolute atomic E-state index is 12.6. The molecule has 0 unspecified atom stereocenters. The molecule has 0 bridgehead atoms. The number of rotatable bonds is 7. The van der Waals surface area contributed by atoms with Crippen LogP contribution in [0.25, 0.3) is 0 Å². The van der Waals surface area contributed by atoms with Crippen LogP contribution in [-0.4, -0.2) is 47.9 Å². The van der Waals surface area contributed by atoms with Gasteiger partial charge in [0.2, 0.25) is 0 Å². The van der Waals surface area contributed by atoms with Gasteiger partial charge in [-0.2, -0.15) is 0 Å². The average molecular weight is 377 g/mol. The molecule has 1 amide bonds. The Balaban J connectivity index is 1.96. The van der Waals surface area contributed by atoms with Crippen molar-refractivity contribution in [3.8, 4) is 0 Å². The minimum absolute atomic E-state index is 0.0788. The van der Waals surface area contributed by atoms with E-state index in [0.717, 1.165) is 5.56 Å². The molecule has 6 nitrogen and oxygen atoms in total. The van der Waals surface area contributed by atoms with Gasteiger partial charge in [-0.05, 0) is 46.1 Å². The molecule has 1 aromatic carbocycles. The Labute approximate surface area is 161 Å². The van der Waals surface area contributed by atoms with Crippen LogP contribution in [-0.2, 0) is 25.6 Å². The number of hydrogen-bond acceptors (Lipinski definition) is 5. The third-order valence-corrected chi connectivity index (χ3v) is 4.32. The largest absolute Gasteiger partial charge is 0.466 e. The summed E-state index contributed by atoms with van der Waals surface area (Å²) < 4.78 is 16.6. The van der Waals surface area contributed by atoms with E-state index < -0.39 is 5.60 Å². The van der Waals surface area contributed by atoms with Gasteiger partial charge in [0.15, 0.2) is 0 Å². The fraction of sp³-hybridized carbons (Fsp3) is 0.619. The maximum Gasteiger partial charge on any atom is 0.410 e. The molecule has 0 aliphatic carbocycles. The molecule has 27 heavy (non-hydrogen) atoms. The third kappa shape index (κ3) is 7.21. The Morgan fingerprint density at radius 1 is 1.19 bits per heavy atom. The van der Waals surface area contributed by atoms with Gasteiger partial charge in [0.05, 0.1) is 25.9 Å². The maximum atomic E-state index is 12.6. The zero-order chi connectivity index (χ0) is 19.9. The summed E-state index contributed by atoms with van der Waals surface area (Å²) in [5.74, 6) is -0.240. The molecule has 6 heteroatoms. The summed E-state index contributed by atoms with van der Waals surface area (Å²) in [4.78, 5) is 26.0. The summed E-state index contributed by atoms with van der Waals surface area (Å²) in [6.07, 6.45) is 1.07. The van der Waals surface area contributed by atoms with Gasteiger partial charge < -0.3 is 19.1 Å². The van der Waals surface area contributed by atoms with Crippen molar-refractivity contribution in [2.45, 2.75) is 71.3 Å². The number of benzene rings is 1. The smallest absolute Gasteiger partial charge is 0.410 e. The molecule has 2 atom stereocenters. The van der Waals surface area contributed by atoms with E-state index in [4.69, 9.17) is 14.2 Å². The Morgan fingerprint density at radius 3 is 2.52 bits per heavy atom. The van der Waals surface area contributed by atoms with Crippen molar-refractivity contribution in [2.24, 2.45) is 0 Å². The Morgan fingerprint density at radius 2 is 1.89 bits per heavy atom. The van der Waals surface area contributed by atoms with Crippen LogP contribution < -0.4 is 0 Å². The van der Waals surface area contributed by atoms with Crippen LogP contribution in [0.3, 0.4) is 0 Å². The molecule has 1 aliphatic rings. The predicted molar refractivity (Wildman–Crippen MR) is 102 cm³/mol. The van der Waals surface area contributed by atoms with E-state index in [-0.39, 0.29) is 30.6 Å². The van der Waals surface area contributed by atoms with Crippen molar-refractivity contribution in [2.75, 3.05) is 13.2 Å². The van der Waals surface area contributed by atoms with Crippen molar-refractivity contribution in [1.29, 1.82) is 0 Å². The molecule has 1 aromatic rings. The number of ether oxygens (including phenoxy) is 3. The molecular weight excluding hydrogens is 346 g/mol. The number of likely N-dealkylation sites (tertiary alicyclic amines) is 1. The van der Waals surface area contributed by atoms with Gasteiger partial charge >= 0.3 is 12.1 Å². The zero-order valence-corrected chi connectivity index (χ0v) is 16.8. The first-order chi connectivity index (χ1) is 12.8. The summed E-state index contributed by atoms with van der Waals surface area (Å²) in [5, 5.41) is 0. The van der Waals surface area contributed by atoms with E-state index in [2.05, 4.69) is 0 Å². The molecular formula is C21H31NO5. The molecule has 0 spiro atoms. The first-order valence-electron chi connectivity index (χ1n) is 9.59. The summed E-state index contributed by atoms with van der Waals surface area (Å²) >= 11 is 0. The highest BCUT2D eigenvalue weighted by molar-refractivity contribution is 5.70. The van der Waals surface area contributed by atoms with Gasteiger partial charge in [-0.25, -0.2) is 4.79 Å². The lowest BCUT2D eigenvalue weighted by molar-refractivity contribution is -0.143. The van der Waals surface area contributed by atoms with Crippen molar-refractivity contribution in [3.05, 3.63) is 35.9 Å². The van der Waals surface area contributed by atoms with Gasteiger partial charge in [0.1, 0.15) is 5.60 Å². The highest BCUT2D eigenvalue weighted by Crippen LogP contribution is 2.27. The van der Waals surface area contributed by atoms with Crippen LogP contribution in [0.5, 0.6) is 0 Å². The second-order valence-corrected chi connectivity index (χ2v) is 7.78. The van der Waals surface area contributed by atoms with E-state index >= 15 is 0 Å². The standard InChI is InChI=1S/C21H31NO5/c1-5-25-19(23)12-11-17-13-18(26-15-16-9-7-6-8-10-16)14-22(17)20(24)27-21(2,3)4/h6-10,17-18H,5,11-15H2,1-4H3/t17-,18-/m1/s1. The molecule has 0 radical (unpaired) electrons. The van der Waals surface area contributed by atoms with Crippen LogP contribution in [0.2, 0.25) is 0 Å². The minimum atomic E-state index is -0.564. The first kappa shape index (κ1) is 21.2. The van der Waals surface area contributed by atoms with Crippen LogP contribution >= 0.6 is 0 Å². The lowest BCUT2D eigenvalue weighted by atomic mass is 10.1. The highest BCUT2D eigenvalue weighted by Gasteiger charge is 2.38. The first-order valence-corrected chi connectivity index (χ1v) is 9.59. The molecule has 0 N–H and O–H groups in total. The molecule has 0 aromatic heterocycles. The summed E-state index contributed by atoms with van der Waals surface area (Å²) in [7, 11) is 0. The fourth-order valence-corrected chi connectivity index (χ4v) is 3.12. The van der Waals surface area contributed by atoms with E-state index in [1.807, 2.05) is 51.1 Å². The van der Waals surface area contributed by atoms with Crippen molar-refractivity contribution < 1.29 is 23.8 Å². The van der Waals surface area contributed by atoms with Crippen molar-refractivity contribution in [3.63, 3.8) is 0 Å². The number of amides is 1. The molecule has 0 saturated carbocycles. The van der Waals surface area contributed by atoms with Gasteiger partial charge in [-0.15, -0.1) is 0 Å². The van der Waals surface area contributed by atoms with Crippen molar-refractivity contribution >= 4 is 12.1 Å². The normalized spacial score (nSPS) is 19.8. The van der Waals surface area contributed by atoms with E-state index in [0.29, 0.717) is 32.6 Å². The van der Waals surface area contributed by atoms with Gasteiger partial charge in [0, 0.05) is 12.5 Å². The van der Waals surface area contributed by atoms with Gasteiger partial charge in [-0.3, -0.25) is 4.79 Å². The number of nitrogens with zero attached hydrogens (tertiary/aromatic N) is 1. The second kappa shape index (κ2) is 9.74. The van der Waals surface area contributed by atoms with Crippen LogP contribution in [0.15, 0.2) is 30.3 Å². The number of carbonyl (C=O) groups excluding carboxylic acids is 2. The SMILES string of the molecule is CCOC(=O)CC[C@@H]1C[C@@H](OCc2ccccc2)CN1C(=O)OC(C)(C)C. The van der Waals surface area contributed by atoms with Gasteiger partial charge in [-0.1, -0.05) is 30.3 Å². The molecule has 1 fully saturated rings. The van der Waals surface area contributed by atoms with Crippen LogP contribution in [0, 0.1) is 0 Å². The summed E-state index contributed by atoms with van der Waals surface area (Å²) in [5.41, 5.74) is 0.530. The van der Waals surface area contributed by atoms with E-state index in [9.17, 15) is 9.59 Å². The minimum Gasteiger partial charge on any atom is -0.466 e. The second-order valence-electron chi connectivity index (χ2n) is 7.78. The molecule has 2 rings (SSSR count). The quantitative estimate of drug-likeness (QED) is 0.674. The summed E-state index contributed by atoms with van der Waals surface area (Å²) in [6.45, 7) is 8.65. The lowest BCUT2D eigenvalue weighted by Gasteiger charge is -2.28. The Hall–Kier alpha value is -2.08. The lowest BCUT2D eigenvalue weighted by Crippen LogP contribution is -2.40. The summed E-state index contributed by atoms with van der Waals surface area (Å²) in [6, 6.07) is 9.85. The van der Waals surface area contributed by atoms with Gasteiger partial charge in [0.25, 0.3) is 0 Å². The third-order valence-electron chi connectivity index (χ3n) is 4.32. The van der Waals surface area contributed by atoms with Crippen molar-refractivity contribution in [1.82, 2.24) is 4.90 Å². The molecule has 1 aliphatic heterocycles.